The van der Waals surface area contributed by atoms with E-state index in [0.29, 0.717) is 22.4 Å². The van der Waals surface area contributed by atoms with Gasteiger partial charge < -0.3 is 14.6 Å². The molecule has 0 radical (unpaired) electrons. The summed E-state index contributed by atoms with van der Waals surface area (Å²) in [6, 6.07) is 20.8. The van der Waals surface area contributed by atoms with E-state index in [4.69, 9.17) is 9.47 Å². The number of halogens is 1. The minimum absolute atomic E-state index is 0.0785. The average Bonchev–Trinajstić information content (AvgIpc) is 2.68. The van der Waals surface area contributed by atoms with Crippen LogP contribution in [0, 0.1) is 5.82 Å². The molecule has 4 heteroatoms. The number of aliphatic hydroxyl groups is 1. The van der Waals surface area contributed by atoms with Crippen LogP contribution in [0.15, 0.2) is 72.8 Å². The number of ether oxygens (including phenoxy) is 2. The lowest BCUT2D eigenvalue weighted by Crippen LogP contribution is -2.29. The SMILES string of the molecule is COc1cccc(C(O)(c2ccccc2)c2ccc(F)c(OC)c2)c1. The van der Waals surface area contributed by atoms with E-state index >= 15 is 0 Å². The van der Waals surface area contributed by atoms with Gasteiger partial charge in [0.1, 0.15) is 11.4 Å². The fourth-order valence-corrected chi connectivity index (χ4v) is 2.91. The van der Waals surface area contributed by atoms with Gasteiger partial charge in [-0.25, -0.2) is 4.39 Å². The molecule has 0 saturated carbocycles. The highest BCUT2D eigenvalue weighted by Crippen LogP contribution is 2.39. The normalized spacial score (nSPS) is 13.1. The van der Waals surface area contributed by atoms with Gasteiger partial charge in [-0.1, -0.05) is 48.5 Å². The van der Waals surface area contributed by atoms with Gasteiger partial charge in [0.25, 0.3) is 0 Å². The molecule has 0 aromatic heterocycles. The van der Waals surface area contributed by atoms with Crippen molar-refractivity contribution in [2.45, 2.75) is 5.60 Å². The lowest BCUT2D eigenvalue weighted by molar-refractivity contribution is 0.125. The van der Waals surface area contributed by atoms with E-state index in [0.717, 1.165) is 0 Å². The number of rotatable bonds is 5. The Hall–Kier alpha value is -2.85. The van der Waals surface area contributed by atoms with Gasteiger partial charge in [0.2, 0.25) is 0 Å². The largest absolute Gasteiger partial charge is 0.497 e. The zero-order valence-corrected chi connectivity index (χ0v) is 14.1. The minimum Gasteiger partial charge on any atom is -0.497 e. The van der Waals surface area contributed by atoms with Crippen molar-refractivity contribution in [3.05, 3.63) is 95.3 Å². The second-order valence-corrected chi connectivity index (χ2v) is 5.66. The minimum atomic E-state index is -1.48. The summed E-state index contributed by atoms with van der Waals surface area (Å²) in [5, 5.41) is 11.7. The smallest absolute Gasteiger partial charge is 0.165 e. The fourth-order valence-electron chi connectivity index (χ4n) is 2.91. The Morgan fingerprint density at radius 2 is 1.44 bits per heavy atom. The second-order valence-electron chi connectivity index (χ2n) is 5.66. The molecule has 0 aliphatic carbocycles. The molecule has 0 heterocycles. The van der Waals surface area contributed by atoms with Gasteiger partial charge in [-0.15, -0.1) is 0 Å². The Morgan fingerprint density at radius 1 is 0.760 bits per heavy atom. The predicted molar refractivity (Wildman–Crippen MR) is 94.5 cm³/mol. The molecule has 1 atom stereocenters. The summed E-state index contributed by atoms with van der Waals surface area (Å²) in [6.45, 7) is 0. The fraction of sp³-hybridized carbons (Fsp3) is 0.143. The maximum Gasteiger partial charge on any atom is 0.165 e. The molecule has 3 aromatic carbocycles. The summed E-state index contributed by atoms with van der Waals surface area (Å²) >= 11 is 0. The topological polar surface area (TPSA) is 38.7 Å². The van der Waals surface area contributed by atoms with Crippen LogP contribution in [0.25, 0.3) is 0 Å². The van der Waals surface area contributed by atoms with Crippen LogP contribution in [-0.2, 0) is 5.60 Å². The zero-order chi connectivity index (χ0) is 17.9. The average molecular weight is 338 g/mol. The molecule has 3 aromatic rings. The van der Waals surface area contributed by atoms with E-state index in [9.17, 15) is 9.50 Å². The first kappa shape index (κ1) is 17.0. The Morgan fingerprint density at radius 3 is 2.12 bits per heavy atom. The standard InChI is InChI=1S/C21H19FO3/c1-24-18-10-6-9-16(13-18)21(23,15-7-4-3-5-8-15)17-11-12-19(22)20(14-17)25-2/h3-14,23H,1-2H3. The molecule has 1 N–H and O–H groups in total. The summed E-state index contributed by atoms with van der Waals surface area (Å²) in [5.74, 6) is 0.225. The zero-order valence-electron chi connectivity index (χ0n) is 14.1. The third-order valence-corrected chi connectivity index (χ3v) is 4.25. The van der Waals surface area contributed by atoms with Crippen LogP contribution in [0.2, 0.25) is 0 Å². The molecule has 0 bridgehead atoms. The summed E-state index contributed by atoms with van der Waals surface area (Å²) in [6.07, 6.45) is 0. The van der Waals surface area contributed by atoms with Crippen molar-refractivity contribution < 1.29 is 19.0 Å². The number of hydrogen-bond donors (Lipinski definition) is 1. The highest BCUT2D eigenvalue weighted by molar-refractivity contribution is 5.50. The van der Waals surface area contributed by atoms with Gasteiger partial charge in [0.15, 0.2) is 11.6 Å². The maximum atomic E-state index is 13.9. The van der Waals surface area contributed by atoms with E-state index < -0.39 is 11.4 Å². The van der Waals surface area contributed by atoms with Gasteiger partial charge in [-0.2, -0.15) is 0 Å². The molecule has 1 unspecified atom stereocenters. The molecule has 0 fully saturated rings. The molecule has 0 aliphatic heterocycles. The molecule has 0 saturated heterocycles. The first-order valence-corrected chi connectivity index (χ1v) is 7.86. The highest BCUT2D eigenvalue weighted by Gasteiger charge is 2.34. The molecule has 0 aliphatic rings. The van der Waals surface area contributed by atoms with E-state index in [1.807, 2.05) is 42.5 Å². The monoisotopic (exact) mass is 338 g/mol. The summed E-state index contributed by atoms with van der Waals surface area (Å²) in [5.41, 5.74) is 0.311. The number of methoxy groups -OCH3 is 2. The van der Waals surface area contributed by atoms with Crippen molar-refractivity contribution in [3.8, 4) is 11.5 Å². The van der Waals surface area contributed by atoms with Gasteiger partial charge in [0.05, 0.1) is 14.2 Å². The second kappa shape index (κ2) is 6.95. The number of benzene rings is 3. The molecule has 128 valence electrons. The van der Waals surface area contributed by atoms with Crippen molar-refractivity contribution >= 4 is 0 Å². The third kappa shape index (κ3) is 3.08. The van der Waals surface area contributed by atoms with Crippen molar-refractivity contribution in [1.29, 1.82) is 0 Å². The van der Waals surface area contributed by atoms with Crippen LogP contribution < -0.4 is 9.47 Å². The quantitative estimate of drug-likeness (QED) is 0.711. The molecule has 0 spiro atoms. The first-order valence-electron chi connectivity index (χ1n) is 7.86. The van der Waals surface area contributed by atoms with E-state index in [1.165, 1.54) is 19.2 Å². The van der Waals surface area contributed by atoms with Crippen LogP contribution in [0.3, 0.4) is 0 Å². The van der Waals surface area contributed by atoms with Crippen LogP contribution in [-0.4, -0.2) is 19.3 Å². The molecule has 0 amide bonds. The Balaban J connectivity index is 2.26. The highest BCUT2D eigenvalue weighted by atomic mass is 19.1. The summed E-state index contributed by atoms with van der Waals surface area (Å²) in [4.78, 5) is 0. The van der Waals surface area contributed by atoms with Crippen LogP contribution >= 0.6 is 0 Å². The molecular formula is C21H19FO3. The third-order valence-electron chi connectivity index (χ3n) is 4.25. The lowest BCUT2D eigenvalue weighted by Gasteiger charge is -2.30. The van der Waals surface area contributed by atoms with Gasteiger partial charge in [0, 0.05) is 0 Å². The number of hydrogen-bond acceptors (Lipinski definition) is 3. The van der Waals surface area contributed by atoms with E-state index in [1.54, 1.807) is 25.3 Å². The van der Waals surface area contributed by atoms with Crippen molar-refractivity contribution in [3.63, 3.8) is 0 Å². The Kier molecular flexibility index (Phi) is 4.72. The van der Waals surface area contributed by atoms with Crippen molar-refractivity contribution in [2.24, 2.45) is 0 Å². The van der Waals surface area contributed by atoms with Crippen LogP contribution in [0.4, 0.5) is 4.39 Å². The Bertz CT molecular complexity index is 864. The van der Waals surface area contributed by atoms with Gasteiger partial charge in [-0.05, 0) is 41.0 Å². The van der Waals surface area contributed by atoms with Crippen LogP contribution in [0.5, 0.6) is 11.5 Å². The van der Waals surface area contributed by atoms with Gasteiger partial charge >= 0.3 is 0 Å². The molecular weight excluding hydrogens is 319 g/mol. The van der Waals surface area contributed by atoms with Crippen molar-refractivity contribution in [1.82, 2.24) is 0 Å². The lowest BCUT2D eigenvalue weighted by atomic mass is 9.80. The Labute approximate surface area is 146 Å². The molecule has 3 nitrogen and oxygen atoms in total. The molecule has 25 heavy (non-hydrogen) atoms. The van der Waals surface area contributed by atoms with E-state index in [2.05, 4.69) is 0 Å². The summed E-state index contributed by atoms with van der Waals surface area (Å²) < 4.78 is 24.2. The first-order chi connectivity index (χ1) is 12.1. The maximum absolute atomic E-state index is 13.9. The summed E-state index contributed by atoms with van der Waals surface area (Å²) in [7, 11) is 2.97. The van der Waals surface area contributed by atoms with Crippen LogP contribution in [0.1, 0.15) is 16.7 Å². The van der Waals surface area contributed by atoms with E-state index in [-0.39, 0.29) is 5.75 Å². The van der Waals surface area contributed by atoms with Gasteiger partial charge in [-0.3, -0.25) is 0 Å². The predicted octanol–water partition coefficient (Wildman–Crippen LogP) is 4.13. The molecule has 3 rings (SSSR count). The van der Waals surface area contributed by atoms with Crippen molar-refractivity contribution in [2.75, 3.05) is 14.2 Å².